The van der Waals surface area contributed by atoms with E-state index in [1.54, 1.807) is 6.07 Å². The Hall–Kier alpha value is -2.53. The van der Waals surface area contributed by atoms with Crippen molar-refractivity contribution in [2.45, 2.75) is 38.8 Å². The Kier molecular flexibility index (Phi) is 4.80. The molecule has 136 valence electrons. The Morgan fingerprint density at radius 1 is 1.31 bits per heavy atom. The van der Waals surface area contributed by atoms with Crippen LogP contribution in [0.1, 0.15) is 24.1 Å². The standard InChI is InChI=1S/C21H25N3O2/c1-15-11-17(12-21(25)24(15)14-18-5-4-10-26-18)22-9-8-16-13-23-20-7-3-2-6-19(16)20/h2-3,6-7,11-13,18,22-23H,4-5,8-10,14H2,1H3/t18-/m1/s1. The minimum Gasteiger partial charge on any atom is -0.384 e. The first kappa shape index (κ1) is 16.9. The van der Waals surface area contributed by atoms with E-state index in [9.17, 15) is 4.79 Å². The van der Waals surface area contributed by atoms with Crippen LogP contribution in [0, 0.1) is 6.92 Å². The molecular weight excluding hydrogens is 326 g/mol. The zero-order valence-electron chi connectivity index (χ0n) is 15.1. The maximum atomic E-state index is 12.5. The van der Waals surface area contributed by atoms with E-state index in [2.05, 4.69) is 34.7 Å². The highest BCUT2D eigenvalue weighted by molar-refractivity contribution is 5.83. The smallest absolute Gasteiger partial charge is 0.252 e. The average molecular weight is 351 g/mol. The normalized spacial score (nSPS) is 17.0. The third kappa shape index (κ3) is 3.53. The molecular formula is C21H25N3O2. The molecule has 5 heteroatoms. The Bertz CT molecular complexity index is 951. The highest BCUT2D eigenvalue weighted by atomic mass is 16.5. The van der Waals surface area contributed by atoms with E-state index in [-0.39, 0.29) is 11.7 Å². The third-order valence-corrected chi connectivity index (χ3v) is 5.14. The molecule has 0 radical (unpaired) electrons. The summed E-state index contributed by atoms with van der Waals surface area (Å²) in [7, 11) is 0. The third-order valence-electron chi connectivity index (χ3n) is 5.14. The predicted molar refractivity (Wildman–Crippen MR) is 105 cm³/mol. The SMILES string of the molecule is Cc1cc(NCCc2c[nH]c3ccccc23)cc(=O)n1C[C@H]1CCCO1. The maximum absolute atomic E-state index is 12.5. The summed E-state index contributed by atoms with van der Waals surface area (Å²) in [5.74, 6) is 0. The van der Waals surface area contributed by atoms with Gasteiger partial charge < -0.3 is 19.6 Å². The summed E-state index contributed by atoms with van der Waals surface area (Å²) >= 11 is 0. The molecule has 2 aromatic heterocycles. The Morgan fingerprint density at radius 2 is 2.19 bits per heavy atom. The van der Waals surface area contributed by atoms with Gasteiger partial charge in [-0.1, -0.05) is 18.2 Å². The van der Waals surface area contributed by atoms with Crippen LogP contribution in [0.5, 0.6) is 0 Å². The lowest BCUT2D eigenvalue weighted by Crippen LogP contribution is -2.28. The van der Waals surface area contributed by atoms with Crippen molar-refractivity contribution in [3.05, 3.63) is 64.2 Å². The number of nitrogens with one attached hydrogen (secondary N) is 2. The molecule has 0 bridgehead atoms. The molecule has 4 rings (SSSR count). The fraction of sp³-hybridized carbons (Fsp3) is 0.381. The van der Waals surface area contributed by atoms with E-state index in [4.69, 9.17) is 4.74 Å². The molecule has 3 heterocycles. The summed E-state index contributed by atoms with van der Waals surface area (Å²) in [4.78, 5) is 15.8. The fourth-order valence-electron chi connectivity index (χ4n) is 3.74. The van der Waals surface area contributed by atoms with E-state index >= 15 is 0 Å². The van der Waals surface area contributed by atoms with E-state index in [0.717, 1.165) is 49.3 Å². The number of aromatic amines is 1. The number of benzene rings is 1. The summed E-state index contributed by atoms with van der Waals surface area (Å²) in [6.45, 7) is 4.24. The number of ether oxygens (including phenoxy) is 1. The number of anilines is 1. The van der Waals surface area contributed by atoms with Gasteiger partial charge in [-0.05, 0) is 43.9 Å². The van der Waals surface area contributed by atoms with Crippen LogP contribution in [0.15, 0.2) is 47.4 Å². The van der Waals surface area contributed by atoms with Crippen molar-refractivity contribution in [1.29, 1.82) is 0 Å². The quantitative estimate of drug-likeness (QED) is 0.715. The summed E-state index contributed by atoms with van der Waals surface area (Å²) in [6, 6.07) is 12.1. The van der Waals surface area contributed by atoms with Crippen LogP contribution in [0.3, 0.4) is 0 Å². The molecule has 1 aromatic carbocycles. The minimum absolute atomic E-state index is 0.0371. The zero-order chi connectivity index (χ0) is 17.9. The fourth-order valence-corrected chi connectivity index (χ4v) is 3.74. The van der Waals surface area contributed by atoms with Gasteiger partial charge in [-0.2, -0.15) is 0 Å². The van der Waals surface area contributed by atoms with E-state index in [1.165, 1.54) is 10.9 Å². The molecule has 1 fully saturated rings. The largest absolute Gasteiger partial charge is 0.384 e. The molecule has 0 saturated carbocycles. The number of hydrogen-bond acceptors (Lipinski definition) is 3. The van der Waals surface area contributed by atoms with Gasteiger partial charge in [0.2, 0.25) is 0 Å². The molecule has 5 nitrogen and oxygen atoms in total. The van der Waals surface area contributed by atoms with E-state index < -0.39 is 0 Å². The first-order chi connectivity index (χ1) is 12.7. The molecule has 2 N–H and O–H groups in total. The predicted octanol–water partition coefficient (Wildman–Crippen LogP) is 3.47. The van der Waals surface area contributed by atoms with Crippen LogP contribution >= 0.6 is 0 Å². The lowest BCUT2D eigenvalue weighted by molar-refractivity contribution is 0.0956. The number of fused-ring (bicyclic) bond motifs is 1. The second kappa shape index (κ2) is 7.38. The molecule has 0 unspecified atom stereocenters. The van der Waals surface area contributed by atoms with Gasteiger partial charge in [0.1, 0.15) is 0 Å². The van der Waals surface area contributed by atoms with Gasteiger partial charge in [0.15, 0.2) is 0 Å². The van der Waals surface area contributed by atoms with Crippen LogP contribution in [0.2, 0.25) is 0 Å². The number of rotatable bonds is 6. The van der Waals surface area contributed by atoms with Crippen LogP contribution in [0.4, 0.5) is 5.69 Å². The van der Waals surface area contributed by atoms with Crippen LogP contribution in [0.25, 0.3) is 10.9 Å². The lowest BCUT2D eigenvalue weighted by atomic mass is 10.1. The van der Waals surface area contributed by atoms with E-state index in [1.807, 2.05) is 23.6 Å². The number of aromatic nitrogens is 2. The minimum atomic E-state index is 0.0371. The molecule has 1 aliphatic heterocycles. The summed E-state index contributed by atoms with van der Waals surface area (Å²) < 4.78 is 7.48. The second-order valence-electron chi connectivity index (χ2n) is 7.01. The Morgan fingerprint density at radius 3 is 3.00 bits per heavy atom. The van der Waals surface area contributed by atoms with Gasteiger partial charge in [0, 0.05) is 47.7 Å². The number of nitrogens with zero attached hydrogens (tertiary/aromatic N) is 1. The van der Waals surface area contributed by atoms with Crippen molar-refractivity contribution < 1.29 is 4.74 Å². The van der Waals surface area contributed by atoms with Crippen LogP contribution in [-0.4, -0.2) is 28.8 Å². The first-order valence-electron chi connectivity index (χ1n) is 9.32. The molecule has 1 saturated heterocycles. The van der Waals surface area contributed by atoms with Crippen LogP contribution < -0.4 is 10.9 Å². The number of H-pyrrole nitrogens is 1. The maximum Gasteiger partial charge on any atom is 0.252 e. The highest BCUT2D eigenvalue weighted by Gasteiger charge is 2.17. The van der Waals surface area contributed by atoms with Gasteiger partial charge in [0.25, 0.3) is 5.56 Å². The highest BCUT2D eigenvalue weighted by Crippen LogP contribution is 2.19. The topological polar surface area (TPSA) is 59.0 Å². The number of para-hydroxylation sites is 1. The number of hydrogen-bond donors (Lipinski definition) is 2. The summed E-state index contributed by atoms with van der Waals surface area (Å²) in [5, 5.41) is 4.65. The van der Waals surface area contributed by atoms with Crippen molar-refractivity contribution >= 4 is 16.6 Å². The van der Waals surface area contributed by atoms with Gasteiger partial charge >= 0.3 is 0 Å². The van der Waals surface area contributed by atoms with Crippen molar-refractivity contribution in [2.75, 3.05) is 18.5 Å². The molecule has 1 atom stereocenters. The Labute approximate surface area is 153 Å². The number of pyridine rings is 1. The monoisotopic (exact) mass is 351 g/mol. The first-order valence-corrected chi connectivity index (χ1v) is 9.32. The Balaban J connectivity index is 1.41. The van der Waals surface area contributed by atoms with Crippen molar-refractivity contribution in [1.82, 2.24) is 9.55 Å². The molecule has 1 aliphatic rings. The van der Waals surface area contributed by atoms with Crippen molar-refractivity contribution in [2.24, 2.45) is 0 Å². The summed E-state index contributed by atoms with van der Waals surface area (Å²) in [5.41, 5.74) is 4.35. The van der Waals surface area contributed by atoms with Crippen molar-refractivity contribution in [3.63, 3.8) is 0 Å². The van der Waals surface area contributed by atoms with Crippen LogP contribution in [-0.2, 0) is 17.7 Å². The van der Waals surface area contributed by atoms with Gasteiger partial charge in [-0.3, -0.25) is 4.79 Å². The number of aryl methyl sites for hydroxylation is 1. The molecule has 0 spiro atoms. The lowest BCUT2D eigenvalue weighted by Gasteiger charge is -2.16. The van der Waals surface area contributed by atoms with E-state index in [0.29, 0.717) is 6.54 Å². The van der Waals surface area contributed by atoms with Crippen molar-refractivity contribution in [3.8, 4) is 0 Å². The average Bonchev–Trinajstić information content (AvgIpc) is 3.28. The van der Waals surface area contributed by atoms with Gasteiger partial charge in [-0.25, -0.2) is 0 Å². The summed E-state index contributed by atoms with van der Waals surface area (Å²) in [6.07, 6.45) is 5.27. The molecule has 0 amide bonds. The molecule has 3 aromatic rings. The molecule has 0 aliphatic carbocycles. The van der Waals surface area contributed by atoms with Gasteiger partial charge in [-0.15, -0.1) is 0 Å². The second-order valence-corrected chi connectivity index (χ2v) is 7.01. The van der Waals surface area contributed by atoms with Gasteiger partial charge in [0.05, 0.1) is 12.6 Å². The molecule has 26 heavy (non-hydrogen) atoms. The zero-order valence-corrected chi connectivity index (χ0v) is 15.1.